The average Bonchev–Trinajstić information content (AvgIpc) is 2.64. The molecule has 0 unspecified atom stereocenters. The standard InChI is InChI=1S/C20H11Cl2NO2/c21-16-7-10-19(22)18(11-16)20(24)25-17-8-5-15(6-9-17)14-3-1-13(12-23)2-4-14/h1-11H. The molecule has 0 aliphatic heterocycles. The van der Waals surface area contributed by atoms with E-state index in [1.54, 1.807) is 36.4 Å². The van der Waals surface area contributed by atoms with Gasteiger partial charge in [0.15, 0.2) is 0 Å². The van der Waals surface area contributed by atoms with E-state index in [1.165, 1.54) is 6.07 Å². The summed E-state index contributed by atoms with van der Waals surface area (Å²) in [6.45, 7) is 0. The van der Waals surface area contributed by atoms with E-state index in [9.17, 15) is 4.79 Å². The molecule has 0 fully saturated rings. The molecule has 0 amide bonds. The number of esters is 1. The van der Waals surface area contributed by atoms with Crippen molar-refractivity contribution in [2.45, 2.75) is 0 Å². The van der Waals surface area contributed by atoms with Gasteiger partial charge in [-0.1, -0.05) is 47.5 Å². The Kier molecular flexibility index (Phi) is 5.04. The summed E-state index contributed by atoms with van der Waals surface area (Å²) in [5.41, 5.74) is 2.73. The summed E-state index contributed by atoms with van der Waals surface area (Å²) >= 11 is 11.9. The number of nitriles is 1. The van der Waals surface area contributed by atoms with Crippen molar-refractivity contribution in [3.05, 3.63) is 87.9 Å². The van der Waals surface area contributed by atoms with Crippen LogP contribution in [0.15, 0.2) is 66.7 Å². The van der Waals surface area contributed by atoms with Crippen molar-refractivity contribution in [1.29, 1.82) is 5.26 Å². The number of ether oxygens (including phenoxy) is 1. The van der Waals surface area contributed by atoms with Crippen molar-refractivity contribution in [1.82, 2.24) is 0 Å². The SMILES string of the molecule is N#Cc1ccc(-c2ccc(OC(=O)c3cc(Cl)ccc3Cl)cc2)cc1. The molecule has 0 aliphatic rings. The minimum absolute atomic E-state index is 0.213. The van der Waals surface area contributed by atoms with E-state index in [4.69, 9.17) is 33.2 Å². The van der Waals surface area contributed by atoms with Gasteiger partial charge in [0.2, 0.25) is 0 Å². The van der Waals surface area contributed by atoms with Crippen LogP contribution in [0.5, 0.6) is 5.75 Å². The van der Waals surface area contributed by atoms with Gasteiger partial charge in [-0.2, -0.15) is 5.26 Å². The van der Waals surface area contributed by atoms with Gasteiger partial charge in [0, 0.05) is 5.02 Å². The normalized spacial score (nSPS) is 10.1. The molecule has 0 atom stereocenters. The molecule has 0 radical (unpaired) electrons. The highest BCUT2D eigenvalue weighted by Crippen LogP contribution is 2.25. The summed E-state index contributed by atoms with van der Waals surface area (Å²) in [6.07, 6.45) is 0. The van der Waals surface area contributed by atoms with Gasteiger partial charge in [0.05, 0.1) is 22.2 Å². The highest BCUT2D eigenvalue weighted by atomic mass is 35.5. The number of carbonyl (C=O) groups excluding carboxylic acids is 1. The van der Waals surface area contributed by atoms with Crippen LogP contribution in [0.4, 0.5) is 0 Å². The zero-order chi connectivity index (χ0) is 17.8. The Morgan fingerprint density at radius 2 is 1.48 bits per heavy atom. The quantitative estimate of drug-likeness (QED) is 0.437. The second-order valence-electron chi connectivity index (χ2n) is 5.23. The van der Waals surface area contributed by atoms with E-state index in [-0.39, 0.29) is 10.6 Å². The zero-order valence-corrected chi connectivity index (χ0v) is 14.4. The van der Waals surface area contributed by atoms with Crippen molar-refractivity contribution in [3.63, 3.8) is 0 Å². The van der Waals surface area contributed by atoms with Crippen LogP contribution in [0.1, 0.15) is 15.9 Å². The molecule has 25 heavy (non-hydrogen) atoms. The highest BCUT2D eigenvalue weighted by molar-refractivity contribution is 6.35. The van der Waals surface area contributed by atoms with E-state index >= 15 is 0 Å². The van der Waals surface area contributed by atoms with Crippen LogP contribution in [0.3, 0.4) is 0 Å². The minimum atomic E-state index is -0.571. The molecular weight excluding hydrogens is 357 g/mol. The third kappa shape index (κ3) is 4.00. The Morgan fingerprint density at radius 3 is 2.08 bits per heavy atom. The molecule has 0 N–H and O–H groups in total. The predicted octanol–water partition coefficient (Wildman–Crippen LogP) is 5.75. The topological polar surface area (TPSA) is 50.1 Å². The number of benzene rings is 3. The van der Waals surface area contributed by atoms with Gasteiger partial charge >= 0.3 is 5.97 Å². The lowest BCUT2D eigenvalue weighted by atomic mass is 10.0. The van der Waals surface area contributed by atoms with Crippen LogP contribution >= 0.6 is 23.2 Å². The average molecular weight is 368 g/mol. The van der Waals surface area contributed by atoms with Crippen LogP contribution in [0.2, 0.25) is 10.0 Å². The summed E-state index contributed by atoms with van der Waals surface area (Å²) < 4.78 is 5.34. The van der Waals surface area contributed by atoms with Gasteiger partial charge in [0.25, 0.3) is 0 Å². The molecule has 122 valence electrons. The molecule has 0 saturated heterocycles. The molecule has 0 bridgehead atoms. The fourth-order valence-electron chi connectivity index (χ4n) is 2.27. The molecular formula is C20H11Cl2NO2. The third-order valence-corrected chi connectivity index (χ3v) is 4.13. The summed E-state index contributed by atoms with van der Waals surface area (Å²) in [5, 5.41) is 9.52. The largest absolute Gasteiger partial charge is 0.423 e. The van der Waals surface area contributed by atoms with E-state index in [2.05, 4.69) is 6.07 Å². The monoisotopic (exact) mass is 367 g/mol. The minimum Gasteiger partial charge on any atom is -0.423 e. The van der Waals surface area contributed by atoms with Gasteiger partial charge in [-0.15, -0.1) is 0 Å². The first-order valence-electron chi connectivity index (χ1n) is 7.34. The molecule has 3 aromatic carbocycles. The molecule has 3 aromatic rings. The Labute approximate surface area is 155 Å². The maximum Gasteiger partial charge on any atom is 0.345 e. The zero-order valence-electron chi connectivity index (χ0n) is 12.9. The van der Waals surface area contributed by atoms with Gasteiger partial charge in [-0.05, 0) is 53.6 Å². The molecule has 0 aliphatic carbocycles. The van der Waals surface area contributed by atoms with Gasteiger partial charge in [0.1, 0.15) is 5.75 Å². The van der Waals surface area contributed by atoms with E-state index in [0.717, 1.165) is 11.1 Å². The van der Waals surface area contributed by atoms with Crippen molar-refractivity contribution >= 4 is 29.2 Å². The van der Waals surface area contributed by atoms with Crippen molar-refractivity contribution in [2.75, 3.05) is 0 Å². The highest BCUT2D eigenvalue weighted by Gasteiger charge is 2.13. The molecule has 0 saturated carbocycles. The van der Waals surface area contributed by atoms with E-state index in [0.29, 0.717) is 16.3 Å². The summed E-state index contributed by atoms with van der Waals surface area (Å²) in [7, 11) is 0. The van der Waals surface area contributed by atoms with Crippen molar-refractivity contribution in [3.8, 4) is 22.9 Å². The maximum atomic E-state index is 12.2. The number of halogens is 2. The smallest absolute Gasteiger partial charge is 0.345 e. The fraction of sp³-hybridized carbons (Fsp3) is 0. The second kappa shape index (κ2) is 7.40. The van der Waals surface area contributed by atoms with Gasteiger partial charge in [-0.3, -0.25) is 0 Å². The number of carbonyl (C=O) groups is 1. The van der Waals surface area contributed by atoms with Crippen LogP contribution in [0, 0.1) is 11.3 Å². The first-order valence-corrected chi connectivity index (χ1v) is 8.10. The maximum absolute atomic E-state index is 12.2. The Balaban J connectivity index is 1.77. The molecule has 0 aromatic heterocycles. The van der Waals surface area contributed by atoms with Crippen LogP contribution in [-0.4, -0.2) is 5.97 Å². The first-order chi connectivity index (χ1) is 12.1. The van der Waals surface area contributed by atoms with Crippen LogP contribution in [-0.2, 0) is 0 Å². The van der Waals surface area contributed by atoms with E-state index in [1.807, 2.05) is 24.3 Å². The van der Waals surface area contributed by atoms with Crippen LogP contribution < -0.4 is 4.74 Å². The fourth-order valence-corrected chi connectivity index (χ4v) is 2.64. The summed E-state index contributed by atoms with van der Waals surface area (Å²) in [5.74, 6) is -0.169. The number of rotatable bonds is 3. The number of nitrogens with zero attached hydrogens (tertiary/aromatic N) is 1. The Hall–Kier alpha value is -2.80. The molecule has 3 nitrogen and oxygen atoms in total. The summed E-state index contributed by atoms with van der Waals surface area (Å²) in [4.78, 5) is 12.2. The lowest BCUT2D eigenvalue weighted by Gasteiger charge is -2.07. The van der Waals surface area contributed by atoms with E-state index < -0.39 is 5.97 Å². The third-order valence-electron chi connectivity index (χ3n) is 3.56. The molecule has 5 heteroatoms. The number of hydrogen-bond acceptors (Lipinski definition) is 3. The second-order valence-corrected chi connectivity index (χ2v) is 6.07. The molecule has 3 rings (SSSR count). The van der Waals surface area contributed by atoms with Crippen molar-refractivity contribution < 1.29 is 9.53 Å². The summed E-state index contributed by atoms with van der Waals surface area (Å²) in [6, 6.07) is 21.0. The van der Waals surface area contributed by atoms with Crippen LogP contribution in [0.25, 0.3) is 11.1 Å². The predicted molar refractivity (Wildman–Crippen MR) is 98.0 cm³/mol. The van der Waals surface area contributed by atoms with Gasteiger partial charge in [-0.25, -0.2) is 4.79 Å². The first kappa shape index (κ1) is 17.0. The lowest BCUT2D eigenvalue weighted by molar-refractivity contribution is 0.0735. The molecule has 0 heterocycles. The molecule has 0 spiro atoms. The number of hydrogen-bond donors (Lipinski definition) is 0. The Bertz CT molecular complexity index is 958. The Morgan fingerprint density at radius 1 is 0.880 bits per heavy atom. The lowest BCUT2D eigenvalue weighted by Crippen LogP contribution is -2.09. The van der Waals surface area contributed by atoms with Gasteiger partial charge < -0.3 is 4.74 Å². The van der Waals surface area contributed by atoms with Crippen molar-refractivity contribution in [2.24, 2.45) is 0 Å².